The smallest absolute Gasteiger partial charge is 0.305 e. The van der Waals surface area contributed by atoms with Gasteiger partial charge in [0.2, 0.25) is 0 Å². The van der Waals surface area contributed by atoms with Gasteiger partial charge >= 0.3 is 5.97 Å². The van der Waals surface area contributed by atoms with E-state index in [1.807, 2.05) is 6.07 Å². The van der Waals surface area contributed by atoms with Gasteiger partial charge in [0.1, 0.15) is 0 Å². The number of rotatable bonds is 4. The normalized spacial score (nSPS) is 14.7. The van der Waals surface area contributed by atoms with Crippen molar-refractivity contribution in [1.29, 1.82) is 0 Å². The van der Waals surface area contributed by atoms with Crippen LogP contribution in [0.2, 0.25) is 0 Å². The highest BCUT2D eigenvalue weighted by atomic mass is 16.4. The predicted molar refractivity (Wildman–Crippen MR) is 51.6 cm³/mol. The van der Waals surface area contributed by atoms with E-state index in [4.69, 9.17) is 10.8 Å². The number of nitrogens with two attached hydrogens (primary N) is 1. The summed E-state index contributed by atoms with van der Waals surface area (Å²) in [5, 5.41) is 18.1. The molecular weight excluding hydrogens is 182 g/mol. The van der Waals surface area contributed by atoms with E-state index in [-0.39, 0.29) is 6.42 Å². The molecule has 4 heteroatoms. The number of carboxylic acids is 1. The number of hydrogen-bond donors (Lipinski definition) is 3. The van der Waals surface area contributed by atoms with Crippen LogP contribution < -0.4 is 5.73 Å². The highest BCUT2D eigenvalue weighted by Crippen LogP contribution is 2.16. The molecule has 14 heavy (non-hydrogen) atoms. The lowest BCUT2D eigenvalue weighted by Crippen LogP contribution is -2.30. The molecule has 0 amide bonds. The Kier molecular flexibility index (Phi) is 3.62. The van der Waals surface area contributed by atoms with E-state index in [0.29, 0.717) is 5.56 Å². The van der Waals surface area contributed by atoms with Gasteiger partial charge in [-0.1, -0.05) is 30.3 Å². The third kappa shape index (κ3) is 2.83. The maximum atomic E-state index is 10.4. The highest BCUT2D eigenvalue weighted by molar-refractivity contribution is 5.67. The van der Waals surface area contributed by atoms with E-state index >= 15 is 0 Å². The van der Waals surface area contributed by atoms with E-state index in [1.54, 1.807) is 24.3 Å². The van der Waals surface area contributed by atoms with E-state index in [9.17, 15) is 9.90 Å². The molecule has 0 aliphatic rings. The Morgan fingerprint density at radius 2 is 1.93 bits per heavy atom. The largest absolute Gasteiger partial charge is 0.481 e. The Hall–Kier alpha value is -1.39. The van der Waals surface area contributed by atoms with Crippen molar-refractivity contribution < 1.29 is 15.0 Å². The zero-order valence-corrected chi connectivity index (χ0v) is 7.63. The van der Waals surface area contributed by atoms with Gasteiger partial charge in [-0.15, -0.1) is 0 Å². The van der Waals surface area contributed by atoms with Crippen molar-refractivity contribution in [1.82, 2.24) is 0 Å². The molecule has 0 radical (unpaired) electrons. The number of aliphatic hydroxyl groups excluding tert-OH is 1. The summed E-state index contributed by atoms with van der Waals surface area (Å²) >= 11 is 0. The molecule has 1 aromatic rings. The molecule has 0 saturated heterocycles. The van der Waals surface area contributed by atoms with Gasteiger partial charge in [-0.25, -0.2) is 0 Å². The second-order valence-corrected chi connectivity index (χ2v) is 3.12. The predicted octanol–water partition coefficient (Wildman–Crippen LogP) is 0.522. The fourth-order valence-corrected chi connectivity index (χ4v) is 1.21. The molecule has 4 N–H and O–H groups in total. The molecule has 0 fully saturated rings. The summed E-state index contributed by atoms with van der Waals surface area (Å²) in [5.74, 6) is -1.01. The van der Waals surface area contributed by atoms with E-state index in [2.05, 4.69) is 0 Å². The molecule has 4 nitrogen and oxygen atoms in total. The summed E-state index contributed by atoms with van der Waals surface area (Å²) < 4.78 is 0. The summed E-state index contributed by atoms with van der Waals surface area (Å²) in [4.78, 5) is 10.4. The van der Waals surface area contributed by atoms with Crippen molar-refractivity contribution in [2.75, 3.05) is 0 Å². The Labute approximate surface area is 82.0 Å². The van der Waals surface area contributed by atoms with Crippen molar-refractivity contribution in [3.05, 3.63) is 35.9 Å². The minimum absolute atomic E-state index is 0.240. The first kappa shape index (κ1) is 10.7. The molecule has 0 aliphatic carbocycles. The number of carbonyl (C=O) groups is 1. The quantitative estimate of drug-likeness (QED) is 0.654. The average molecular weight is 195 g/mol. The lowest BCUT2D eigenvalue weighted by molar-refractivity contribution is -0.138. The minimum Gasteiger partial charge on any atom is -0.481 e. The molecule has 0 heterocycles. The zero-order valence-electron chi connectivity index (χ0n) is 7.63. The molecule has 2 atom stereocenters. The second-order valence-electron chi connectivity index (χ2n) is 3.12. The number of benzene rings is 1. The molecule has 0 aromatic heterocycles. The number of hydrogen-bond acceptors (Lipinski definition) is 3. The Morgan fingerprint density at radius 1 is 1.36 bits per heavy atom. The maximum Gasteiger partial charge on any atom is 0.305 e. The molecular formula is C10H13NO3. The maximum absolute atomic E-state index is 10.4. The molecule has 0 bridgehead atoms. The fourth-order valence-electron chi connectivity index (χ4n) is 1.21. The zero-order chi connectivity index (χ0) is 10.6. The lowest BCUT2D eigenvalue weighted by atomic mass is 10.0. The van der Waals surface area contributed by atoms with Crippen LogP contribution in [-0.2, 0) is 4.79 Å². The van der Waals surface area contributed by atoms with Crippen LogP contribution in [0.25, 0.3) is 0 Å². The van der Waals surface area contributed by atoms with Crippen LogP contribution in [-0.4, -0.2) is 22.2 Å². The standard InChI is InChI=1S/C10H13NO3/c11-8(6-9(12)13)10(14)7-4-2-1-3-5-7/h1-5,8,10,14H,6,11H2,(H,12,13). The molecule has 2 unspecified atom stereocenters. The van der Waals surface area contributed by atoms with Gasteiger partial charge in [0.15, 0.2) is 0 Å². The van der Waals surface area contributed by atoms with E-state index in [1.165, 1.54) is 0 Å². The van der Waals surface area contributed by atoms with Crippen LogP contribution in [0.15, 0.2) is 30.3 Å². The van der Waals surface area contributed by atoms with Crippen LogP contribution in [0.4, 0.5) is 0 Å². The van der Waals surface area contributed by atoms with Gasteiger partial charge in [0.05, 0.1) is 12.5 Å². The van der Waals surface area contributed by atoms with Crippen LogP contribution in [0.5, 0.6) is 0 Å². The summed E-state index contributed by atoms with van der Waals surface area (Å²) in [6.07, 6.45) is -1.16. The summed E-state index contributed by atoms with van der Waals surface area (Å²) in [5.41, 5.74) is 6.16. The van der Waals surface area contributed by atoms with Gasteiger partial charge in [-0.2, -0.15) is 0 Å². The Bertz CT molecular complexity index is 299. The molecule has 76 valence electrons. The number of aliphatic hydroxyl groups is 1. The van der Waals surface area contributed by atoms with Gasteiger partial charge in [0, 0.05) is 6.04 Å². The van der Waals surface area contributed by atoms with E-state index < -0.39 is 18.1 Å². The third-order valence-electron chi connectivity index (χ3n) is 1.96. The highest BCUT2D eigenvalue weighted by Gasteiger charge is 2.18. The van der Waals surface area contributed by atoms with Crippen LogP contribution >= 0.6 is 0 Å². The summed E-state index contributed by atoms with van der Waals surface area (Å²) in [6, 6.07) is 8.02. The van der Waals surface area contributed by atoms with Crippen LogP contribution in [0.3, 0.4) is 0 Å². The lowest BCUT2D eigenvalue weighted by Gasteiger charge is -2.17. The SMILES string of the molecule is NC(CC(=O)O)C(O)c1ccccc1. The summed E-state index contributed by atoms with van der Waals surface area (Å²) in [6.45, 7) is 0. The molecule has 1 aromatic carbocycles. The van der Waals surface area contributed by atoms with Crippen molar-refractivity contribution in [2.45, 2.75) is 18.6 Å². The first-order valence-corrected chi connectivity index (χ1v) is 4.31. The Balaban J connectivity index is 2.65. The Morgan fingerprint density at radius 3 is 2.43 bits per heavy atom. The van der Waals surface area contributed by atoms with Gasteiger partial charge in [-0.05, 0) is 5.56 Å². The summed E-state index contributed by atoms with van der Waals surface area (Å²) in [7, 11) is 0. The van der Waals surface area contributed by atoms with Crippen molar-refractivity contribution in [2.24, 2.45) is 5.73 Å². The molecule has 1 rings (SSSR count). The van der Waals surface area contributed by atoms with Crippen molar-refractivity contribution >= 4 is 5.97 Å². The number of aliphatic carboxylic acids is 1. The van der Waals surface area contributed by atoms with Crippen LogP contribution in [0, 0.1) is 0 Å². The fraction of sp³-hybridized carbons (Fsp3) is 0.300. The molecule has 0 saturated carbocycles. The topological polar surface area (TPSA) is 83.6 Å². The second kappa shape index (κ2) is 4.74. The minimum atomic E-state index is -1.01. The first-order chi connectivity index (χ1) is 6.61. The van der Waals surface area contributed by atoms with Gasteiger partial charge in [0.25, 0.3) is 0 Å². The molecule has 0 aliphatic heterocycles. The molecule has 0 spiro atoms. The number of carboxylic acid groups (broad SMARTS) is 1. The third-order valence-corrected chi connectivity index (χ3v) is 1.96. The van der Waals surface area contributed by atoms with Gasteiger partial charge in [-0.3, -0.25) is 4.79 Å². The first-order valence-electron chi connectivity index (χ1n) is 4.31. The van der Waals surface area contributed by atoms with E-state index in [0.717, 1.165) is 0 Å². The van der Waals surface area contributed by atoms with Gasteiger partial charge < -0.3 is 15.9 Å². The monoisotopic (exact) mass is 195 g/mol. The van der Waals surface area contributed by atoms with Crippen molar-refractivity contribution in [3.8, 4) is 0 Å². The average Bonchev–Trinajstić information content (AvgIpc) is 2.17. The van der Waals surface area contributed by atoms with Crippen molar-refractivity contribution in [3.63, 3.8) is 0 Å². The van der Waals surface area contributed by atoms with Crippen LogP contribution in [0.1, 0.15) is 18.1 Å².